The number of fused-ring (bicyclic) bond motifs is 1. The van der Waals surface area contributed by atoms with Crippen LogP contribution in [-0.4, -0.2) is 28.4 Å². The van der Waals surface area contributed by atoms with Gasteiger partial charge in [-0.3, -0.25) is 4.90 Å². The van der Waals surface area contributed by atoms with E-state index in [2.05, 4.69) is 24.1 Å². The zero-order valence-electron chi connectivity index (χ0n) is 11.8. The van der Waals surface area contributed by atoms with Crippen molar-refractivity contribution in [2.24, 2.45) is 11.7 Å². The molecule has 4 heteroatoms. The zero-order chi connectivity index (χ0) is 14.1. The van der Waals surface area contributed by atoms with Gasteiger partial charge in [-0.1, -0.05) is 13.0 Å². The maximum Gasteiger partial charge on any atom is 0.102 e. The van der Waals surface area contributed by atoms with Crippen molar-refractivity contribution in [3.63, 3.8) is 0 Å². The van der Waals surface area contributed by atoms with Crippen LogP contribution in [0.15, 0.2) is 30.6 Å². The molecule has 2 unspecified atom stereocenters. The van der Waals surface area contributed by atoms with E-state index < -0.39 is 0 Å². The molecule has 2 atom stereocenters. The van der Waals surface area contributed by atoms with Crippen molar-refractivity contribution < 1.29 is 0 Å². The summed E-state index contributed by atoms with van der Waals surface area (Å²) in [4.78, 5) is 2.37. The maximum absolute atomic E-state index is 9.43. The van der Waals surface area contributed by atoms with E-state index >= 15 is 0 Å². The van der Waals surface area contributed by atoms with Crippen molar-refractivity contribution in [1.29, 1.82) is 5.26 Å². The molecule has 20 heavy (non-hydrogen) atoms. The Bertz CT molecular complexity index is 642. The first kappa shape index (κ1) is 13.2. The van der Waals surface area contributed by atoms with Gasteiger partial charge in [0.2, 0.25) is 0 Å². The summed E-state index contributed by atoms with van der Waals surface area (Å²) in [6, 6.07) is 8.55. The molecule has 1 fully saturated rings. The van der Waals surface area contributed by atoms with Crippen molar-refractivity contribution in [1.82, 2.24) is 9.30 Å². The molecule has 4 nitrogen and oxygen atoms in total. The lowest BCUT2D eigenvalue weighted by molar-refractivity contribution is 0.158. The number of nitriles is 1. The lowest BCUT2D eigenvalue weighted by Crippen LogP contribution is -2.45. The molecular formula is C16H20N4. The number of hydrogen-bond donors (Lipinski definition) is 1. The second-order valence-electron chi connectivity index (χ2n) is 5.93. The first-order valence-electron chi connectivity index (χ1n) is 7.14. The van der Waals surface area contributed by atoms with Gasteiger partial charge in [0.05, 0.1) is 11.1 Å². The molecule has 1 aliphatic heterocycles. The van der Waals surface area contributed by atoms with Crippen LogP contribution in [0, 0.1) is 17.2 Å². The maximum atomic E-state index is 9.43. The molecule has 0 amide bonds. The predicted molar refractivity (Wildman–Crippen MR) is 79.1 cm³/mol. The first-order chi connectivity index (χ1) is 9.67. The number of piperidine rings is 1. The van der Waals surface area contributed by atoms with Crippen LogP contribution < -0.4 is 5.73 Å². The van der Waals surface area contributed by atoms with Gasteiger partial charge in [0.1, 0.15) is 6.07 Å². The lowest BCUT2D eigenvalue weighted by atomic mass is 9.96. The van der Waals surface area contributed by atoms with Crippen molar-refractivity contribution in [3.05, 3.63) is 41.7 Å². The molecular weight excluding hydrogens is 248 g/mol. The summed E-state index contributed by atoms with van der Waals surface area (Å²) in [6.45, 7) is 5.03. The van der Waals surface area contributed by atoms with E-state index in [0.29, 0.717) is 5.92 Å². The molecule has 104 valence electrons. The second kappa shape index (κ2) is 5.28. The standard InChI is InChI=1S/C16H20N4/c1-12-6-14(18)11-19(8-12)9-13-10-20-5-3-2-4-16(20)15(13)7-17/h2-5,10,12,14H,6,8-9,11,18H2,1H3. The Morgan fingerprint density at radius 3 is 3.00 bits per heavy atom. The van der Waals surface area contributed by atoms with Crippen molar-refractivity contribution in [2.45, 2.75) is 25.9 Å². The summed E-state index contributed by atoms with van der Waals surface area (Å²) >= 11 is 0. The molecule has 0 spiro atoms. The Labute approximate surface area is 119 Å². The van der Waals surface area contributed by atoms with Crippen LogP contribution in [-0.2, 0) is 6.54 Å². The third kappa shape index (κ3) is 2.43. The number of aromatic nitrogens is 1. The Hall–Kier alpha value is -1.83. The van der Waals surface area contributed by atoms with Gasteiger partial charge in [-0.15, -0.1) is 0 Å². The molecule has 0 bridgehead atoms. The van der Waals surface area contributed by atoms with Gasteiger partial charge in [-0.25, -0.2) is 0 Å². The molecule has 0 saturated carbocycles. The second-order valence-corrected chi connectivity index (χ2v) is 5.93. The molecule has 2 aromatic heterocycles. The van der Waals surface area contributed by atoms with Crippen LogP contribution in [0.4, 0.5) is 0 Å². The normalized spacial score (nSPS) is 23.9. The fourth-order valence-electron chi connectivity index (χ4n) is 3.31. The van der Waals surface area contributed by atoms with Crippen LogP contribution in [0.3, 0.4) is 0 Å². The summed E-state index contributed by atoms with van der Waals surface area (Å²) in [7, 11) is 0. The number of hydrogen-bond acceptors (Lipinski definition) is 3. The molecule has 3 rings (SSSR count). The molecule has 2 N–H and O–H groups in total. The largest absolute Gasteiger partial charge is 0.327 e. The summed E-state index contributed by atoms with van der Waals surface area (Å²) in [6.07, 6.45) is 5.16. The predicted octanol–water partition coefficient (Wildman–Crippen LogP) is 1.98. The number of nitrogens with two attached hydrogens (primary N) is 1. The van der Waals surface area contributed by atoms with Crippen LogP contribution >= 0.6 is 0 Å². The average Bonchev–Trinajstić information content (AvgIpc) is 2.74. The van der Waals surface area contributed by atoms with Crippen molar-refractivity contribution in [2.75, 3.05) is 13.1 Å². The van der Waals surface area contributed by atoms with Gasteiger partial charge in [0, 0.05) is 43.6 Å². The van der Waals surface area contributed by atoms with Crippen molar-refractivity contribution >= 4 is 5.52 Å². The van der Waals surface area contributed by atoms with E-state index in [1.807, 2.05) is 28.8 Å². The molecule has 0 radical (unpaired) electrons. The van der Waals surface area contributed by atoms with Gasteiger partial charge in [-0.2, -0.15) is 5.26 Å². The van der Waals surface area contributed by atoms with E-state index in [4.69, 9.17) is 5.73 Å². The van der Waals surface area contributed by atoms with Crippen LogP contribution in [0.5, 0.6) is 0 Å². The Morgan fingerprint density at radius 1 is 1.40 bits per heavy atom. The van der Waals surface area contributed by atoms with Crippen molar-refractivity contribution in [3.8, 4) is 6.07 Å². The summed E-state index contributed by atoms with van der Waals surface area (Å²) in [5.74, 6) is 0.626. The van der Waals surface area contributed by atoms with Gasteiger partial charge in [0.25, 0.3) is 0 Å². The van der Waals surface area contributed by atoms with Gasteiger partial charge in [0.15, 0.2) is 0 Å². The molecule has 0 aromatic carbocycles. The molecule has 0 aliphatic carbocycles. The van der Waals surface area contributed by atoms with Gasteiger partial charge in [-0.05, 0) is 24.5 Å². The molecule has 1 saturated heterocycles. The summed E-state index contributed by atoms with van der Waals surface area (Å²) in [5, 5.41) is 9.43. The fourth-order valence-corrected chi connectivity index (χ4v) is 3.31. The molecule has 1 aliphatic rings. The minimum Gasteiger partial charge on any atom is -0.327 e. The zero-order valence-corrected chi connectivity index (χ0v) is 11.8. The number of rotatable bonds is 2. The van der Waals surface area contributed by atoms with E-state index in [1.54, 1.807) is 0 Å². The minimum absolute atomic E-state index is 0.251. The summed E-state index contributed by atoms with van der Waals surface area (Å²) < 4.78 is 2.03. The molecule has 2 aromatic rings. The van der Waals surface area contributed by atoms with Crippen LogP contribution in [0.1, 0.15) is 24.5 Å². The quantitative estimate of drug-likeness (QED) is 0.906. The highest BCUT2D eigenvalue weighted by atomic mass is 15.1. The summed E-state index contributed by atoms with van der Waals surface area (Å²) in [5.41, 5.74) is 8.97. The average molecular weight is 268 g/mol. The monoisotopic (exact) mass is 268 g/mol. The molecule has 3 heterocycles. The highest BCUT2D eigenvalue weighted by Crippen LogP contribution is 2.22. The van der Waals surface area contributed by atoms with Gasteiger partial charge < -0.3 is 10.1 Å². The van der Waals surface area contributed by atoms with E-state index in [-0.39, 0.29) is 6.04 Å². The third-order valence-corrected chi connectivity index (χ3v) is 4.04. The van der Waals surface area contributed by atoms with E-state index in [1.165, 1.54) is 0 Å². The highest BCUT2D eigenvalue weighted by molar-refractivity contribution is 5.65. The Balaban J connectivity index is 1.89. The van der Waals surface area contributed by atoms with E-state index in [0.717, 1.165) is 42.7 Å². The topological polar surface area (TPSA) is 57.5 Å². The highest BCUT2D eigenvalue weighted by Gasteiger charge is 2.23. The van der Waals surface area contributed by atoms with Crippen LogP contribution in [0.2, 0.25) is 0 Å². The lowest BCUT2D eigenvalue weighted by Gasteiger charge is -2.34. The Morgan fingerprint density at radius 2 is 2.25 bits per heavy atom. The van der Waals surface area contributed by atoms with Gasteiger partial charge >= 0.3 is 0 Å². The SMILES string of the molecule is CC1CC(N)CN(Cc2cn3ccccc3c2C#N)C1. The Kier molecular flexibility index (Phi) is 3.47. The minimum atomic E-state index is 0.251. The fraction of sp³-hybridized carbons (Fsp3) is 0.438. The number of pyridine rings is 1. The first-order valence-corrected chi connectivity index (χ1v) is 7.14. The van der Waals surface area contributed by atoms with E-state index in [9.17, 15) is 5.26 Å². The third-order valence-electron chi connectivity index (χ3n) is 4.04. The number of nitrogens with zero attached hydrogens (tertiary/aromatic N) is 3. The smallest absolute Gasteiger partial charge is 0.102 e. The van der Waals surface area contributed by atoms with Crippen LogP contribution in [0.25, 0.3) is 5.52 Å². The number of likely N-dealkylation sites (tertiary alicyclic amines) is 1.